The zero-order chi connectivity index (χ0) is 9.47. The Morgan fingerprint density at radius 1 is 1.38 bits per heavy atom. The molecule has 0 saturated carbocycles. The van der Waals surface area contributed by atoms with E-state index < -0.39 is 5.60 Å². The van der Waals surface area contributed by atoms with Gasteiger partial charge in [0, 0.05) is 10.9 Å². The monoisotopic (exact) mass is 176 g/mol. The van der Waals surface area contributed by atoms with Crippen LogP contribution >= 0.6 is 0 Å². The van der Waals surface area contributed by atoms with E-state index in [4.69, 9.17) is 0 Å². The van der Waals surface area contributed by atoms with Crippen molar-refractivity contribution in [1.29, 1.82) is 0 Å². The highest BCUT2D eigenvalue weighted by Gasteiger charge is 2.19. The SMILES string of the molecule is CC(C)(O)c1cccc2cn[nH]c12. The third kappa shape index (κ3) is 1.31. The lowest BCUT2D eigenvalue weighted by Crippen LogP contribution is -2.15. The summed E-state index contributed by atoms with van der Waals surface area (Å²) in [6, 6.07) is 5.79. The molecule has 2 N–H and O–H groups in total. The van der Waals surface area contributed by atoms with Gasteiger partial charge in [-0.05, 0) is 13.8 Å². The molecule has 13 heavy (non-hydrogen) atoms. The van der Waals surface area contributed by atoms with E-state index in [0.717, 1.165) is 16.5 Å². The van der Waals surface area contributed by atoms with E-state index in [-0.39, 0.29) is 0 Å². The van der Waals surface area contributed by atoms with Gasteiger partial charge >= 0.3 is 0 Å². The summed E-state index contributed by atoms with van der Waals surface area (Å²) < 4.78 is 0. The maximum absolute atomic E-state index is 9.86. The number of aromatic amines is 1. The molecule has 2 rings (SSSR count). The van der Waals surface area contributed by atoms with Gasteiger partial charge in [-0.1, -0.05) is 18.2 Å². The summed E-state index contributed by atoms with van der Waals surface area (Å²) >= 11 is 0. The van der Waals surface area contributed by atoms with Gasteiger partial charge in [0.1, 0.15) is 0 Å². The summed E-state index contributed by atoms with van der Waals surface area (Å²) in [6.45, 7) is 3.53. The number of nitrogens with zero attached hydrogens (tertiary/aromatic N) is 1. The molecular weight excluding hydrogens is 164 g/mol. The third-order valence-corrected chi connectivity index (χ3v) is 2.14. The average molecular weight is 176 g/mol. The van der Waals surface area contributed by atoms with E-state index in [1.807, 2.05) is 18.2 Å². The van der Waals surface area contributed by atoms with Crippen LogP contribution in [0, 0.1) is 0 Å². The second-order valence-corrected chi connectivity index (χ2v) is 3.70. The Morgan fingerprint density at radius 2 is 2.15 bits per heavy atom. The summed E-state index contributed by atoms with van der Waals surface area (Å²) in [5.74, 6) is 0. The van der Waals surface area contributed by atoms with Gasteiger partial charge in [0.25, 0.3) is 0 Å². The Hall–Kier alpha value is -1.35. The second-order valence-electron chi connectivity index (χ2n) is 3.70. The van der Waals surface area contributed by atoms with Crippen LogP contribution in [0.4, 0.5) is 0 Å². The number of H-pyrrole nitrogens is 1. The highest BCUT2D eigenvalue weighted by molar-refractivity contribution is 5.81. The van der Waals surface area contributed by atoms with Gasteiger partial charge in [0.15, 0.2) is 0 Å². The summed E-state index contributed by atoms with van der Waals surface area (Å²) in [6.07, 6.45) is 1.75. The molecule has 0 radical (unpaired) electrons. The van der Waals surface area contributed by atoms with Crippen molar-refractivity contribution in [3.05, 3.63) is 30.0 Å². The molecule has 1 heterocycles. The van der Waals surface area contributed by atoms with Gasteiger partial charge in [-0.2, -0.15) is 5.10 Å². The van der Waals surface area contributed by atoms with Gasteiger partial charge in [0.2, 0.25) is 0 Å². The van der Waals surface area contributed by atoms with Crippen molar-refractivity contribution in [2.75, 3.05) is 0 Å². The number of nitrogens with one attached hydrogen (secondary N) is 1. The van der Waals surface area contributed by atoms with Crippen LogP contribution in [0.2, 0.25) is 0 Å². The number of rotatable bonds is 1. The topological polar surface area (TPSA) is 48.9 Å². The summed E-state index contributed by atoms with van der Waals surface area (Å²) in [4.78, 5) is 0. The van der Waals surface area contributed by atoms with Crippen molar-refractivity contribution in [2.45, 2.75) is 19.4 Å². The Kier molecular flexibility index (Phi) is 1.63. The normalized spacial score (nSPS) is 12.2. The largest absolute Gasteiger partial charge is 0.386 e. The lowest BCUT2D eigenvalue weighted by molar-refractivity contribution is 0.0800. The molecule has 3 heteroatoms. The summed E-state index contributed by atoms with van der Waals surface area (Å²) in [7, 11) is 0. The number of aliphatic hydroxyl groups is 1. The second kappa shape index (κ2) is 2.57. The molecule has 0 spiro atoms. The molecule has 0 aliphatic rings. The van der Waals surface area contributed by atoms with Gasteiger partial charge in [0.05, 0.1) is 17.3 Å². The standard InChI is InChI=1S/C10H12N2O/c1-10(2,13)8-5-3-4-7-6-11-12-9(7)8/h3-6,13H,1-2H3,(H,11,12). The Balaban J connectivity index is 2.75. The Labute approximate surface area is 76.4 Å². The summed E-state index contributed by atoms with van der Waals surface area (Å²) in [5.41, 5.74) is 0.962. The fourth-order valence-corrected chi connectivity index (χ4v) is 1.48. The molecule has 68 valence electrons. The van der Waals surface area contributed by atoms with Crippen molar-refractivity contribution in [1.82, 2.24) is 10.2 Å². The predicted molar refractivity (Wildman–Crippen MR) is 51.3 cm³/mol. The van der Waals surface area contributed by atoms with Crippen LogP contribution in [-0.4, -0.2) is 15.3 Å². The smallest absolute Gasteiger partial charge is 0.0861 e. The van der Waals surface area contributed by atoms with Crippen LogP contribution in [0.3, 0.4) is 0 Å². The van der Waals surface area contributed by atoms with Crippen molar-refractivity contribution in [2.24, 2.45) is 0 Å². The Morgan fingerprint density at radius 3 is 2.85 bits per heavy atom. The first kappa shape index (κ1) is 8.26. The number of hydrogen-bond donors (Lipinski definition) is 2. The Bertz CT molecular complexity index is 426. The molecule has 0 saturated heterocycles. The number of hydrogen-bond acceptors (Lipinski definition) is 2. The van der Waals surface area contributed by atoms with Crippen molar-refractivity contribution >= 4 is 10.9 Å². The van der Waals surface area contributed by atoms with E-state index in [1.165, 1.54) is 0 Å². The first-order chi connectivity index (χ1) is 6.09. The van der Waals surface area contributed by atoms with Gasteiger partial charge in [-0.15, -0.1) is 0 Å². The van der Waals surface area contributed by atoms with E-state index in [0.29, 0.717) is 0 Å². The van der Waals surface area contributed by atoms with Gasteiger partial charge in [-0.25, -0.2) is 0 Å². The molecule has 1 aromatic heterocycles. The molecule has 0 fully saturated rings. The highest BCUT2D eigenvalue weighted by atomic mass is 16.3. The quantitative estimate of drug-likeness (QED) is 0.696. The fourth-order valence-electron chi connectivity index (χ4n) is 1.48. The predicted octanol–water partition coefficient (Wildman–Crippen LogP) is 1.79. The average Bonchev–Trinajstić information content (AvgIpc) is 2.48. The minimum absolute atomic E-state index is 0.827. The summed E-state index contributed by atoms with van der Waals surface area (Å²) in [5, 5.41) is 17.7. The van der Waals surface area contributed by atoms with E-state index >= 15 is 0 Å². The van der Waals surface area contributed by atoms with Crippen molar-refractivity contribution in [3.8, 4) is 0 Å². The maximum atomic E-state index is 9.86. The lowest BCUT2D eigenvalue weighted by Gasteiger charge is -2.18. The van der Waals surface area contributed by atoms with E-state index in [9.17, 15) is 5.11 Å². The van der Waals surface area contributed by atoms with E-state index in [2.05, 4.69) is 10.2 Å². The van der Waals surface area contributed by atoms with Crippen LogP contribution in [0.5, 0.6) is 0 Å². The molecule has 2 aromatic rings. The van der Waals surface area contributed by atoms with Crippen LogP contribution in [0.15, 0.2) is 24.4 Å². The van der Waals surface area contributed by atoms with Crippen LogP contribution < -0.4 is 0 Å². The minimum atomic E-state index is -0.827. The fraction of sp³-hybridized carbons (Fsp3) is 0.300. The number of para-hydroxylation sites is 1. The zero-order valence-corrected chi connectivity index (χ0v) is 7.70. The van der Waals surface area contributed by atoms with E-state index in [1.54, 1.807) is 20.0 Å². The van der Waals surface area contributed by atoms with Crippen molar-refractivity contribution in [3.63, 3.8) is 0 Å². The lowest BCUT2D eigenvalue weighted by atomic mass is 9.96. The van der Waals surface area contributed by atoms with Gasteiger partial charge < -0.3 is 5.11 Å². The minimum Gasteiger partial charge on any atom is -0.386 e. The van der Waals surface area contributed by atoms with Crippen LogP contribution in [0.1, 0.15) is 19.4 Å². The van der Waals surface area contributed by atoms with Crippen LogP contribution in [-0.2, 0) is 5.60 Å². The molecule has 0 aliphatic heterocycles. The van der Waals surface area contributed by atoms with Crippen molar-refractivity contribution < 1.29 is 5.11 Å². The molecule has 3 nitrogen and oxygen atoms in total. The zero-order valence-electron chi connectivity index (χ0n) is 7.70. The molecule has 0 unspecified atom stereocenters. The molecule has 0 bridgehead atoms. The number of aromatic nitrogens is 2. The first-order valence-electron chi connectivity index (χ1n) is 4.24. The number of fused-ring (bicyclic) bond motifs is 1. The van der Waals surface area contributed by atoms with Crippen LogP contribution in [0.25, 0.3) is 10.9 Å². The molecule has 0 atom stereocenters. The third-order valence-electron chi connectivity index (χ3n) is 2.14. The van der Waals surface area contributed by atoms with Gasteiger partial charge in [-0.3, -0.25) is 5.10 Å². The first-order valence-corrected chi connectivity index (χ1v) is 4.24. The maximum Gasteiger partial charge on any atom is 0.0861 e. The highest BCUT2D eigenvalue weighted by Crippen LogP contribution is 2.26. The molecule has 1 aromatic carbocycles. The molecule has 0 amide bonds. The number of benzene rings is 1. The molecular formula is C10H12N2O. The molecule has 0 aliphatic carbocycles.